The van der Waals surface area contributed by atoms with Gasteiger partial charge in [-0.25, -0.2) is 0 Å². The molecule has 0 spiro atoms. The van der Waals surface area contributed by atoms with Crippen LogP contribution in [0.5, 0.6) is 0 Å². The zero-order valence-corrected chi connectivity index (χ0v) is 12.8. The normalized spacial score (nSPS) is 10.4. The first kappa shape index (κ1) is 15.0. The number of nitrogens with two attached hydrogens (primary N) is 1. The summed E-state index contributed by atoms with van der Waals surface area (Å²) in [4.78, 5) is 12.2. The monoisotopic (exact) mass is 328 g/mol. The van der Waals surface area contributed by atoms with Gasteiger partial charge in [-0.15, -0.1) is 0 Å². The first-order valence-electron chi connectivity index (χ1n) is 5.71. The number of carbonyl (C=O) groups excluding carboxylic acids is 1. The van der Waals surface area contributed by atoms with Crippen LogP contribution in [0.25, 0.3) is 0 Å². The van der Waals surface area contributed by atoms with Crippen molar-refractivity contribution in [2.45, 2.75) is 6.92 Å². The van der Waals surface area contributed by atoms with Crippen molar-refractivity contribution in [3.05, 3.63) is 56.5 Å². The van der Waals surface area contributed by atoms with Gasteiger partial charge in [0.2, 0.25) is 0 Å². The summed E-state index contributed by atoms with van der Waals surface area (Å²) < 4.78 is 0. The van der Waals surface area contributed by atoms with Crippen LogP contribution in [0, 0.1) is 6.92 Å². The summed E-state index contributed by atoms with van der Waals surface area (Å²) >= 11 is 18.1. The van der Waals surface area contributed by atoms with Crippen LogP contribution in [0.4, 0.5) is 11.4 Å². The molecule has 3 N–H and O–H groups in total. The Balaban J connectivity index is 2.32. The number of nitrogens with one attached hydrogen (secondary N) is 1. The third-order valence-corrected chi connectivity index (χ3v) is 3.91. The molecule has 2 aromatic carbocycles. The highest BCUT2D eigenvalue weighted by atomic mass is 35.5. The van der Waals surface area contributed by atoms with E-state index in [0.29, 0.717) is 32.0 Å². The summed E-state index contributed by atoms with van der Waals surface area (Å²) in [5.74, 6) is -0.360. The Morgan fingerprint density at radius 2 is 1.80 bits per heavy atom. The van der Waals surface area contributed by atoms with E-state index in [2.05, 4.69) is 5.32 Å². The summed E-state index contributed by atoms with van der Waals surface area (Å²) in [6.07, 6.45) is 0. The zero-order valence-electron chi connectivity index (χ0n) is 10.5. The van der Waals surface area contributed by atoms with E-state index in [9.17, 15) is 4.79 Å². The summed E-state index contributed by atoms with van der Waals surface area (Å²) in [6, 6.07) is 8.09. The number of benzene rings is 2. The van der Waals surface area contributed by atoms with Crippen LogP contribution in [0.3, 0.4) is 0 Å². The Kier molecular flexibility index (Phi) is 4.43. The molecule has 0 aliphatic rings. The van der Waals surface area contributed by atoms with E-state index >= 15 is 0 Å². The van der Waals surface area contributed by atoms with Gasteiger partial charge in [0.1, 0.15) is 0 Å². The number of hydrogen-bond acceptors (Lipinski definition) is 2. The Morgan fingerprint density at radius 1 is 1.10 bits per heavy atom. The third-order valence-electron chi connectivity index (χ3n) is 2.79. The molecule has 0 saturated heterocycles. The summed E-state index contributed by atoms with van der Waals surface area (Å²) in [5.41, 5.74) is 7.59. The highest BCUT2D eigenvalue weighted by Crippen LogP contribution is 2.33. The van der Waals surface area contributed by atoms with Crippen molar-refractivity contribution in [3.8, 4) is 0 Å². The van der Waals surface area contributed by atoms with E-state index in [-0.39, 0.29) is 5.91 Å². The van der Waals surface area contributed by atoms with Crippen LogP contribution < -0.4 is 11.1 Å². The lowest BCUT2D eigenvalue weighted by atomic mass is 10.1. The van der Waals surface area contributed by atoms with E-state index in [1.165, 1.54) is 6.07 Å². The summed E-state index contributed by atoms with van der Waals surface area (Å²) in [5, 5.41) is 3.78. The first-order valence-corrected chi connectivity index (χ1v) is 6.84. The van der Waals surface area contributed by atoms with E-state index in [1.807, 2.05) is 6.92 Å². The minimum Gasteiger partial charge on any atom is -0.398 e. The fourth-order valence-corrected chi connectivity index (χ4v) is 2.27. The number of carbonyl (C=O) groups is 1. The second-order valence-corrected chi connectivity index (χ2v) is 5.44. The Morgan fingerprint density at radius 3 is 2.45 bits per heavy atom. The molecular formula is C14H11Cl3N2O. The van der Waals surface area contributed by atoms with Gasteiger partial charge in [-0.1, -0.05) is 40.9 Å². The van der Waals surface area contributed by atoms with E-state index in [0.717, 1.165) is 5.56 Å². The van der Waals surface area contributed by atoms with Crippen LogP contribution in [-0.2, 0) is 0 Å². The largest absolute Gasteiger partial charge is 0.398 e. The molecule has 104 valence electrons. The van der Waals surface area contributed by atoms with Crippen LogP contribution in [0.15, 0.2) is 30.3 Å². The van der Waals surface area contributed by atoms with Crippen molar-refractivity contribution in [3.63, 3.8) is 0 Å². The third kappa shape index (κ3) is 3.01. The molecule has 2 rings (SSSR count). The van der Waals surface area contributed by atoms with Gasteiger partial charge in [0.15, 0.2) is 0 Å². The second kappa shape index (κ2) is 5.92. The van der Waals surface area contributed by atoms with Gasteiger partial charge in [-0.2, -0.15) is 0 Å². The molecule has 3 nitrogen and oxygen atoms in total. The van der Waals surface area contributed by atoms with Crippen LogP contribution in [0.1, 0.15) is 15.9 Å². The number of rotatable bonds is 2. The SMILES string of the molecule is Cc1ccc(Cl)c(NC(=O)c2ccc(N)c(Cl)c2)c1Cl. The van der Waals surface area contributed by atoms with Crippen LogP contribution in [-0.4, -0.2) is 5.91 Å². The molecule has 0 radical (unpaired) electrons. The van der Waals surface area contributed by atoms with Gasteiger partial charge in [0.25, 0.3) is 5.91 Å². The quantitative estimate of drug-likeness (QED) is 0.778. The molecule has 0 aliphatic heterocycles. The van der Waals surface area contributed by atoms with Crippen molar-refractivity contribution in [1.82, 2.24) is 0 Å². The van der Waals surface area contributed by atoms with Gasteiger partial charge < -0.3 is 11.1 Å². The molecule has 0 saturated carbocycles. The molecule has 0 heterocycles. The first-order chi connectivity index (χ1) is 9.40. The smallest absolute Gasteiger partial charge is 0.255 e. The van der Waals surface area contributed by atoms with Crippen LogP contribution >= 0.6 is 34.8 Å². The minimum absolute atomic E-state index is 0.319. The van der Waals surface area contributed by atoms with Crippen molar-refractivity contribution >= 4 is 52.1 Å². The minimum atomic E-state index is -0.360. The molecule has 0 aliphatic carbocycles. The Hall–Kier alpha value is -1.42. The van der Waals surface area contributed by atoms with E-state index < -0.39 is 0 Å². The average molecular weight is 330 g/mol. The molecule has 2 aromatic rings. The van der Waals surface area contributed by atoms with Gasteiger partial charge in [0, 0.05) is 5.56 Å². The average Bonchev–Trinajstić information content (AvgIpc) is 2.42. The molecule has 0 atom stereocenters. The molecule has 0 bridgehead atoms. The lowest BCUT2D eigenvalue weighted by Gasteiger charge is -2.11. The molecule has 6 heteroatoms. The molecule has 0 unspecified atom stereocenters. The molecule has 1 amide bonds. The fourth-order valence-electron chi connectivity index (χ4n) is 1.63. The molecule has 20 heavy (non-hydrogen) atoms. The Labute approximate surface area is 131 Å². The maximum atomic E-state index is 12.2. The van der Waals surface area contributed by atoms with E-state index in [4.69, 9.17) is 40.5 Å². The lowest BCUT2D eigenvalue weighted by molar-refractivity contribution is 0.102. The second-order valence-electron chi connectivity index (χ2n) is 4.24. The Bertz CT molecular complexity index is 686. The summed E-state index contributed by atoms with van der Waals surface area (Å²) in [6.45, 7) is 1.83. The van der Waals surface area contributed by atoms with Crippen molar-refractivity contribution in [1.29, 1.82) is 0 Å². The molecular weight excluding hydrogens is 319 g/mol. The summed E-state index contributed by atoms with van der Waals surface area (Å²) in [7, 11) is 0. The van der Waals surface area contributed by atoms with Crippen molar-refractivity contribution < 1.29 is 4.79 Å². The maximum Gasteiger partial charge on any atom is 0.255 e. The number of nitrogen functional groups attached to an aromatic ring is 1. The maximum absolute atomic E-state index is 12.2. The van der Waals surface area contributed by atoms with Gasteiger partial charge in [-0.3, -0.25) is 4.79 Å². The highest BCUT2D eigenvalue weighted by Gasteiger charge is 2.14. The standard InChI is InChI=1S/C14H11Cl3N2O/c1-7-2-4-9(15)13(12(7)17)19-14(20)8-3-5-11(18)10(16)6-8/h2-6H,18H2,1H3,(H,19,20). The predicted octanol–water partition coefficient (Wildman–Crippen LogP) is 4.79. The zero-order chi connectivity index (χ0) is 14.9. The van der Waals surface area contributed by atoms with Crippen LogP contribution in [0.2, 0.25) is 15.1 Å². The fraction of sp³-hybridized carbons (Fsp3) is 0.0714. The van der Waals surface area contributed by atoms with E-state index in [1.54, 1.807) is 24.3 Å². The van der Waals surface area contributed by atoms with Gasteiger partial charge in [0.05, 0.1) is 26.4 Å². The number of aryl methyl sites for hydroxylation is 1. The number of anilines is 2. The number of amides is 1. The highest BCUT2D eigenvalue weighted by molar-refractivity contribution is 6.40. The molecule has 0 fully saturated rings. The predicted molar refractivity (Wildman–Crippen MR) is 85.0 cm³/mol. The molecule has 0 aromatic heterocycles. The van der Waals surface area contributed by atoms with Crippen molar-refractivity contribution in [2.24, 2.45) is 0 Å². The van der Waals surface area contributed by atoms with Crippen molar-refractivity contribution in [2.75, 3.05) is 11.1 Å². The lowest BCUT2D eigenvalue weighted by Crippen LogP contribution is -2.13. The van der Waals surface area contributed by atoms with Gasteiger partial charge >= 0.3 is 0 Å². The number of hydrogen-bond donors (Lipinski definition) is 2. The topological polar surface area (TPSA) is 55.1 Å². The number of halogens is 3. The van der Waals surface area contributed by atoms with Gasteiger partial charge in [-0.05, 0) is 36.8 Å².